The van der Waals surface area contributed by atoms with Gasteiger partial charge in [-0.15, -0.1) is 0 Å². The zero-order valence-corrected chi connectivity index (χ0v) is 10.7. The van der Waals surface area contributed by atoms with E-state index < -0.39 is 22.5 Å². The largest absolute Gasteiger partial charge is 0.476 e. The standard InChI is InChI=1S/C14H13NO5/c1-9-4-2-5-10(8-9)11-6-3-7-14(12(11)16,13(17)18)15(19)20/h2-8,12,16H,1H3,(H,17,18). The number of nitro groups is 1. The van der Waals surface area contributed by atoms with Crippen LogP contribution in [-0.4, -0.2) is 32.7 Å². The molecule has 0 aromatic heterocycles. The van der Waals surface area contributed by atoms with Crippen LogP contribution in [0.5, 0.6) is 0 Å². The number of hydrogen-bond acceptors (Lipinski definition) is 4. The van der Waals surface area contributed by atoms with E-state index in [4.69, 9.17) is 5.11 Å². The predicted octanol–water partition coefficient (Wildman–Crippen LogP) is 1.41. The number of aliphatic carboxylic acids is 1. The summed E-state index contributed by atoms with van der Waals surface area (Å²) in [6.45, 7) is 1.84. The van der Waals surface area contributed by atoms with Crippen LogP contribution in [0.1, 0.15) is 11.1 Å². The molecular formula is C14H13NO5. The number of aliphatic hydroxyl groups is 1. The van der Waals surface area contributed by atoms with Crippen LogP contribution < -0.4 is 0 Å². The van der Waals surface area contributed by atoms with E-state index in [1.807, 2.05) is 13.0 Å². The third kappa shape index (κ3) is 2.00. The summed E-state index contributed by atoms with van der Waals surface area (Å²) in [5.41, 5.74) is -0.856. The second-order valence-corrected chi connectivity index (χ2v) is 4.64. The molecule has 0 spiro atoms. The van der Waals surface area contributed by atoms with Gasteiger partial charge in [-0.25, -0.2) is 4.79 Å². The first-order valence-electron chi connectivity index (χ1n) is 5.92. The quantitative estimate of drug-likeness (QED) is 0.641. The molecule has 0 aliphatic heterocycles. The van der Waals surface area contributed by atoms with E-state index in [1.165, 1.54) is 12.2 Å². The SMILES string of the molecule is Cc1cccc(C2=CC=CC(C(=O)O)([N+](=O)[O-])C2O)c1. The van der Waals surface area contributed by atoms with Crippen molar-refractivity contribution < 1.29 is 19.9 Å². The number of nitrogens with zero attached hydrogens (tertiary/aromatic N) is 1. The van der Waals surface area contributed by atoms with Gasteiger partial charge in [0.2, 0.25) is 0 Å². The molecule has 104 valence electrons. The zero-order chi connectivity index (χ0) is 14.9. The number of aliphatic hydroxyl groups excluding tert-OH is 1. The summed E-state index contributed by atoms with van der Waals surface area (Å²) in [5.74, 6) is -1.69. The van der Waals surface area contributed by atoms with Crippen LogP contribution >= 0.6 is 0 Å². The minimum absolute atomic E-state index is 0.218. The molecule has 1 aliphatic rings. The number of rotatable bonds is 3. The van der Waals surface area contributed by atoms with Gasteiger partial charge in [-0.1, -0.05) is 42.0 Å². The Bertz CT molecular complexity index is 618. The molecule has 2 rings (SSSR count). The monoisotopic (exact) mass is 275 g/mol. The average molecular weight is 275 g/mol. The first-order valence-corrected chi connectivity index (χ1v) is 5.92. The van der Waals surface area contributed by atoms with Crippen molar-refractivity contribution in [3.63, 3.8) is 0 Å². The van der Waals surface area contributed by atoms with Gasteiger partial charge in [0.05, 0.1) is 0 Å². The van der Waals surface area contributed by atoms with Crippen LogP contribution in [0.15, 0.2) is 42.5 Å². The van der Waals surface area contributed by atoms with Crippen LogP contribution in [0.3, 0.4) is 0 Å². The molecule has 0 amide bonds. The molecule has 6 heteroatoms. The highest BCUT2D eigenvalue weighted by atomic mass is 16.6. The van der Waals surface area contributed by atoms with Crippen molar-refractivity contribution in [1.82, 2.24) is 0 Å². The maximum absolute atomic E-state index is 11.3. The number of aryl methyl sites for hydroxylation is 1. The van der Waals surface area contributed by atoms with Crippen molar-refractivity contribution in [2.75, 3.05) is 0 Å². The second-order valence-electron chi connectivity index (χ2n) is 4.64. The van der Waals surface area contributed by atoms with E-state index in [0.717, 1.165) is 11.6 Å². The van der Waals surface area contributed by atoms with Gasteiger partial charge in [0, 0.05) is 11.0 Å². The van der Waals surface area contributed by atoms with Crippen LogP contribution in [0.25, 0.3) is 5.57 Å². The average Bonchev–Trinajstić information content (AvgIpc) is 2.38. The fourth-order valence-corrected chi connectivity index (χ4v) is 2.22. The molecular weight excluding hydrogens is 262 g/mol. The summed E-state index contributed by atoms with van der Waals surface area (Å²) in [4.78, 5) is 21.5. The second kappa shape index (κ2) is 4.90. The highest BCUT2D eigenvalue weighted by molar-refractivity contribution is 5.88. The van der Waals surface area contributed by atoms with E-state index in [9.17, 15) is 20.0 Å². The van der Waals surface area contributed by atoms with Crippen molar-refractivity contribution in [2.45, 2.75) is 18.6 Å². The molecule has 0 saturated carbocycles. The zero-order valence-electron chi connectivity index (χ0n) is 10.7. The molecule has 2 atom stereocenters. The number of carbonyl (C=O) groups is 1. The summed E-state index contributed by atoms with van der Waals surface area (Å²) >= 11 is 0. The lowest BCUT2D eigenvalue weighted by Crippen LogP contribution is -2.55. The maximum Gasteiger partial charge on any atom is 0.390 e. The minimum atomic E-state index is -2.55. The Balaban J connectivity index is 2.53. The van der Waals surface area contributed by atoms with Gasteiger partial charge < -0.3 is 10.2 Å². The van der Waals surface area contributed by atoms with Gasteiger partial charge in [-0.2, -0.15) is 0 Å². The third-order valence-corrected chi connectivity index (χ3v) is 3.33. The molecule has 0 radical (unpaired) electrons. The van der Waals surface area contributed by atoms with Crippen LogP contribution in [0.2, 0.25) is 0 Å². The molecule has 1 aromatic carbocycles. The minimum Gasteiger partial charge on any atom is -0.476 e. The molecule has 20 heavy (non-hydrogen) atoms. The lowest BCUT2D eigenvalue weighted by Gasteiger charge is -2.27. The van der Waals surface area contributed by atoms with E-state index in [-0.39, 0.29) is 5.57 Å². The lowest BCUT2D eigenvalue weighted by molar-refractivity contribution is -0.549. The van der Waals surface area contributed by atoms with E-state index in [2.05, 4.69) is 0 Å². The first-order chi connectivity index (χ1) is 9.39. The molecule has 0 fully saturated rings. The van der Waals surface area contributed by atoms with Gasteiger partial charge in [-0.3, -0.25) is 10.1 Å². The topological polar surface area (TPSA) is 101 Å². The van der Waals surface area contributed by atoms with Crippen LogP contribution in [-0.2, 0) is 4.79 Å². The van der Waals surface area contributed by atoms with E-state index in [1.54, 1.807) is 18.2 Å². The number of benzene rings is 1. The molecule has 0 saturated heterocycles. The van der Waals surface area contributed by atoms with Gasteiger partial charge >= 0.3 is 11.5 Å². The molecule has 2 unspecified atom stereocenters. The normalized spacial score (nSPS) is 25.1. The Morgan fingerprint density at radius 3 is 2.70 bits per heavy atom. The molecule has 6 nitrogen and oxygen atoms in total. The number of carboxylic acids is 1. The van der Waals surface area contributed by atoms with Crippen molar-refractivity contribution in [3.8, 4) is 0 Å². The number of allylic oxidation sites excluding steroid dienone is 2. The van der Waals surface area contributed by atoms with Crippen LogP contribution in [0, 0.1) is 17.0 Å². The van der Waals surface area contributed by atoms with Gasteiger partial charge in [0.15, 0.2) is 6.10 Å². The van der Waals surface area contributed by atoms with Crippen molar-refractivity contribution in [3.05, 3.63) is 63.7 Å². The van der Waals surface area contributed by atoms with Gasteiger partial charge in [0.1, 0.15) is 0 Å². The highest BCUT2D eigenvalue weighted by Crippen LogP contribution is 2.33. The summed E-state index contributed by atoms with van der Waals surface area (Å²) < 4.78 is 0. The van der Waals surface area contributed by atoms with Crippen molar-refractivity contribution in [2.24, 2.45) is 0 Å². The summed E-state index contributed by atoms with van der Waals surface area (Å²) in [6, 6.07) is 6.99. The Morgan fingerprint density at radius 1 is 1.45 bits per heavy atom. The number of hydrogen-bond donors (Lipinski definition) is 2. The Kier molecular flexibility index (Phi) is 3.42. The van der Waals surface area contributed by atoms with Crippen molar-refractivity contribution >= 4 is 11.5 Å². The third-order valence-electron chi connectivity index (χ3n) is 3.33. The lowest BCUT2D eigenvalue weighted by atomic mass is 9.81. The van der Waals surface area contributed by atoms with Crippen molar-refractivity contribution in [1.29, 1.82) is 0 Å². The Labute approximate surface area is 114 Å². The van der Waals surface area contributed by atoms with Gasteiger partial charge in [0.25, 0.3) is 0 Å². The summed E-state index contributed by atoms with van der Waals surface area (Å²) in [7, 11) is 0. The van der Waals surface area contributed by atoms with E-state index >= 15 is 0 Å². The Morgan fingerprint density at radius 2 is 2.15 bits per heavy atom. The fraction of sp³-hybridized carbons (Fsp3) is 0.214. The van der Waals surface area contributed by atoms with Crippen LogP contribution in [0.4, 0.5) is 0 Å². The highest BCUT2D eigenvalue weighted by Gasteiger charge is 2.58. The fourth-order valence-electron chi connectivity index (χ4n) is 2.22. The smallest absolute Gasteiger partial charge is 0.390 e. The van der Waals surface area contributed by atoms with E-state index in [0.29, 0.717) is 5.56 Å². The van der Waals surface area contributed by atoms with Gasteiger partial charge in [-0.05, 0) is 18.1 Å². The summed E-state index contributed by atoms with van der Waals surface area (Å²) in [5, 5.41) is 30.5. The molecule has 2 N–H and O–H groups in total. The molecule has 1 aliphatic carbocycles. The molecule has 1 aromatic rings. The number of carboxylic acid groups (broad SMARTS) is 1. The maximum atomic E-state index is 11.3. The molecule has 0 heterocycles. The first kappa shape index (κ1) is 14.0. The Hall–Kier alpha value is -2.47. The molecule has 0 bridgehead atoms. The predicted molar refractivity (Wildman–Crippen MR) is 71.7 cm³/mol. The summed E-state index contributed by atoms with van der Waals surface area (Å²) in [6.07, 6.45) is 1.94.